The van der Waals surface area contributed by atoms with Crippen LogP contribution in [-0.4, -0.2) is 35.2 Å². The summed E-state index contributed by atoms with van der Waals surface area (Å²) in [5.74, 6) is 0.533. The Hall–Kier alpha value is -2.65. The van der Waals surface area contributed by atoms with E-state index < -0.39 is 10.0 Å². The monoisotopic (exact) mass is 491 g/mol. The summed E-state index contributed by atoms with van der Waals surface area (Å²) in [6.45, 7) is 9.28. The van der Waals surface area contributed by atoms with Crippen molar-refractivity contribution in [3.05, 3.63) is 57.5 Å². The Labute approximate surface area is 199 Å². The van der Waals surface area contributed by atoms with Crippen LogP contribution in [0, 0.1) is 5.92 Å². The van der Waals surface area contributed by atoms with Crippen LogP contribution in [0.3, 0.4) is 0 Å². The van der Waals surface area contributed by atoms with Crippen molar-refractivity contribution in [2.24, 2.45) is 5.92 Å². The fourth-order valence-electron chi connectivity index (χ4n) is 3.78. The zero-order valence-corrected chi connectivity index (χ0v) is 21.0. The minimum atomic E-state index is -3.56. The summed E-state index contributed by atoms with van der Waals surface area (Å²) in [5.41, 5.74) is 1.00. The predicted octanol–water partition coefficient (Wildman–Crippen LogP) is 4.74. The fourth-order valence-corrected chi connectivity index (χ4v) is 5.99. The lowest BCUT2D eigenvalue weighted by Crippen LogP contribution is -2.40. The van der Waals surface area contributed by atoms with Gasteiger partial charge in [0.2, 0.25) is 16.0 Å². The van der Waals surface area contributed by atoms with Gasteiger partial charge in [0.25, 0.3) is 5.56 Å². The second-order valence-corrected chi connectivity index (χ2v) is 11.0. The van der Waals surface area contributed by atoms with Crippen LogP contribution >= 0.6 is 11.6 Å². The minimum Gasteiger partial charge on any atom is -0.347 e. The normalized spacial score (nSPS) is 13.0. The molecule has 0 spiro atoms. The lowest BCUT2D eigenvalue weighted by molar-refractivity contribution is 0.570. The maximum Gasteiger partial charge on any atom is 0.253 e. The number of pyridine rings is 1. The molecule has 0 bridgehead atoms. The maximum atomic E-state index is 13.0. The largest absolute Gasteiger partial charge is 0.347 e. The minimum absolute atomic E-state index is 0.0184. The highest BCUT2D eigenvalue weighted by Gasteiger charge is 2.28. The number of hydrogen-bond donors (Lipinski definition) is 2. The molecule has 33 heavy (non-hydrogen) atoms. The van der Waals surface area contributed by atoms with Crippen LogP contribution in [0.1, 0.15) is 52.6 Å². The average molecular weight is 492 g/mol. The molecule has 0 aliphatic heterocycles. The molecule has 0 saturated heterocycles. The van der Waals surface area contributed by atoms with Gasteiger partial charge in [0.15, 0.2) is 0 Å². The number of nitrogens with zero attached hydrogens (tertiary/aromatic N) is 3. The molecule has 0 fully saturated rings. The van der Waals surface area contributed by atoms with Crippen molar-refractivity contribution < 1.29 is 8.42 Å². The standard InChI is InChI=1S/C23H30ClN5O3S/c1-6-19(18-12-16-11-17(24)7-8-20(16)26-22(18)30)27-23-25-10-9-21(28-23)29(15(4)5)33(31,32)13-14(2)3/h7-12,14-15,19H,6,13H2,1-5H3,(H,26,30)(H,25,27,28)/t19-/m0/s1. The Morgan fingerprint density at radius 2 is 1.88 bits per heavy atom. The van der Waals surface area contributed by atoms with Crippen molar-refractivity contribution in [1.29, 1.82) is 0 Å². The Bertz CT molecular complexity index is 1290. The zero-order chi connectivity index (χ0) is 24.3. The van der Waals surface area contributed by atoms with E-state index in [2.05, 4.69) is 20.3 Å². The molecule has 2 N–H and O–H groups in total. The van der Waals surface area contributed by atoms with Crippen molar-refractivity contribution in [2.45, 2.75) is 53.1 Å². The smallest absolute Gasteiger partial charge is 0.253 e. The van der Waals surface area contributed by atoms with E-state index in [9.17, 15) is 13.2 Å². The number of fused-ring (bicyclic) bond motifs is 1. The molecule has 1 aromatic carbocycles. The van der Waals surface area contributed by atoms with Crippen LogP contribution in [0.25, 0.3) is 10.9 Å². The van der Waals surface area contributed by atoms with Gasteiger partial charge in [0, 0.05) is 39.8 Å². The molecule has 0 aliphatic carbocycles. The second-order valence-electron chi connectivity index (χ2n) is 8.69. The van der Waals surface area contributed by atoms with Gasteiger partial charge in [-0.15, -0.1) is 0 Å². The molecule has 10 heteroatoms. The lowest BCUT2D eigenvalue weighted by Gasteiger charge is -2.28. The third kappa shape index (κ3) is 5.83. The molecule has 3 aromatic rings. The molecule has 3 rings (SSSR count). The van der Waals surface area contributed by atoms with Gasteiger partial charge in [-0.2, -0.15) is 4.98 Å². The van der Waals surface area contributed by atoms with Crippen LogP contribution in [-0.2, 0) is 10.0 Å². The molecule has 0 saturated carbocycles. The molecule has 0 unspecified atom stereocenters. The first-order chi connectivity index (χ1) is 15.5. The summed E-state index contributed by atoms with van der Waals surface area (Å²) in [4.78, 5) is 24.4. The van der Waals surface area contributed by atoms with E-state index >= 15 is 0 Å². The maximum absolute atomic E-state index is 13.0. The summed E-state index contributed by atoms with van der Waals surface area (Å²) in [6, 6.07) is 7.97. The van der Waals surface area contributed by atoms with Crippen LogP contribution < -0.4 is 15.2 Å². The molecular weight excluding hydrogens is 462 g/mol. The van der Waals surface area contributed by atoms with E-state index in [-0.39, 0.29) is 41.1 Å². The van der Waals surface area contributed by atoms with Crippen LogP contribution in [0.4, 0.5) is 11.8 Å². The van der Waals surface area contributed by atoms with E-state index in [1.807, 2.05) is 34.6 Å². The van der Waals surface area contributed by atoms with Gasteiger partial charge in [-0.25, -0.2) is 13.4 Å². The first-order valence-corrected chi connectivity index (χ1v) is 12.9. The van der Waals surface area contributed by atoms with Crippen LogP contribution in [0.15, 0.2) is 41.3 Å². The number of H-pyrrole nitrogens is 1. The highest BCUT2D eigenvalue weighted by molar-refractivity contribution is 7.92. The molecule has 1 atom stereocenters. The topological polar surface area (TPSA) is 108 Å². The van der Waals surface area contributed by atoms with Crippen LogP contribution in [0.5, 0.6) is 0 Å². The summed E-state index contributed by atoms with van der Waals surface area (Å²) in [6.07, 6.45) is 2.10. The number of rotatable bonds is 9. The molecule has 2 aromatic heterocycles. The van der Waals surface area contributed by atoms with Crippen molar-refractivity contribution in [2.75, 3.05) is 15.4 Å². The first-order valence-electron chi connectivity index (χ1n) is 11.0. The number of nitrogens with one attached hydrogen (secondary N) is 2. The Balaban J connectivity index is 1.96. The number of aromatic nitrogens is 3. The number of aromatic amines is 1. The molecule has 0 aliphatic rings. The number of hydrogen-bond acceptors (Lipinski definition) is 6. The fraction of sp³-hybridized carbons (Fsp3) is 0.435. The van der Waals surface area contributed by atoms with Crippen molar-refractivity contribution in [3.8, 4) is 0 Å². The van der Waals surface area contributed by atoms with E-state index in [4.69, 9.17) is 11.6 Å². The van der Waals surface area contributed by atoms with Crippen molar-refractivity contribution in [3.63, 3.8) is 0 Å². The first kappa shape index (κ1) is 25.0. The molecular formula is C23H30ClN5O3S. The van der Waals surface area contributed by atoms with Crippen LogP contribution in [0.2, 0.25) is 5.02 Å². The zero-order valence-electron chi connectivity index (χ0n) is 19.5. The summed E-state index contributed by atoms with van der Waals surface area (Å²) in [5, 5.41) is 4.59. The number of halogens is 1. The second kappa shape index (κ2) is 10.1. The summed E-state index contributed by atoms with van der Waals surface area (Å²) >= 11 is 6.11. The SMILES string of the molecule is CC[C@H](Nc1nccc(N(C(C)C)S(=O)(=O)CC(C)C)n1)c1cc2cc(Cl)ccc2[nH]c1=O. The summed E-state index contributed by atoms with van der Waals surface area (Å²) < 4.78 is 27.3. The summed E-state index contributed by atoms with van der Waals surface area (Å²) in [7, 11) is -3.56. The van der Waals surface area contributed by atoms with Gasteiger partial charge in [-0.3, -0.25) is 9.10 Å². The van der Waals surface area contributed by atoms with Gasteiger partial charge in [0.05, 0.1) is 11.8 Å². The Morgan fingerprint density at radius 1 is 1.15 bits per heavy atom. The van der Waals surface area contributed by atoms with Gasteiger partial charge >= 0.3 is 0 Å². The van der Waals surface area contributed by atoms with E-state index in [0.717, 1.165) is 5.39 Å². The average Bonchev–Trinajstić information content (AvgIpc) is 2.71. The Morgan fingerprint density at radius 3 is 2.52 bits per heavy atom. The molecule has 2 heterocycles. The molecule has 8 nitrogen and oxygen atoms in total. The van der Waals surface area contributed by atoms with E-state index in [1.54, 1.807) is 30.3 Å². The van der Waals surface area contributed by atoms with Crippen molar-refractivity contribution in [1.82, 2.24) is 15.0 Å². The predicted molar refractivity (Wildman–Crippen MR) is 135 cm³/mol. The van der Waals surface area contributed by atoms with E-state index in [0.29, 0.717) is 22.5 Å². The quantitative estimate of drug-likeness (QED) is 0.447. The van der Waals surface area contributed by atoms with Crippen molar-refractivity contribution >= 4 is 44.3 Å². The van der Waals surface area contributed by atoms with E-state index in [1.165, 1.54) is 10.5 Å². The van der Waals surface area contributed by atoms with Gasteiger partial charge < -0.3 is 10.3 Å². The number of sulfonamides is 1. The lowest BCUT2D eigenvalue weighted by atomic mass is 10.0. The number of anilines is 2. The number of benzene rings is 1. The third-order valence-corrected chi connectivity index (χ3v) is 7.63. The molecule has 0 amide bonds. The van der Waals surface area contributed by atoms with Gasteiger partial charge in [-0.1, -0.05) is 32.4 Å². The van der Waals surface area contributed by atoms with Gasteiger partial charge in [-0.05, 0) is 50.5 Å². The molecule has 178 valence electrons. The highest BCUT2D eigenvalue weighted by atomic mass is 35.5. The molecule has 0 radical (unpaired) electrons. The van der Waals surface area contributed by atoms with Gasteiger partial charge in [0.1, 0.15) is 5.82 Å². The third-order valence-electron chi connectivity index (χ3n) is 5.10. The highest BCUT2D eigenvalue weighted by Crippen LogP contribution is 2.25. The Kier molecular flexibility index (Phi) is 7.64.